The Morgan fingerprint density at radius 1 is 0.396 bits per heavy atom. The van der Waals surface area contributed by atoms with Gasteiger partial charge in [0.25, 0.3) is 0 Å². The summed E-state index contributed by atoms with van der Waals surface area (Å²) in [6.45, 7) is 4.38. The summed E-state index contributed by atoms with van der Waals surface area (Å²) in [6.07, 6.45) is 80.3. The number of nitrogens with one attached hydrogen (secondary N) is 1. The van der Waals surface area contributed by atoms with Crippen LogP contribution >= 0.6 is 0 Å². The third kappa shape index (κ3) is 57.8. The summed E-state index contributed by atoms with van der Waals surface area (Å²) in [5.41, 5.74) is 0. The minimum atomic E-state index is -1.58. The summed E-state index contributed by atoms with van der Waals surface area (Å²) >= 11 is 0. The third-order valence-electron chi connectivity index (χ3n) is 19.0. The van der Waals surface area contributed by atoms with E-state index in [0.29, 0.717) is 19.4 Å². The number of rotatable bonds is 71. The van der Waals surface area contributed by atoms with Crippen molar-refractivity contribution in [3.05, 3.63) is 36.5 Å². The molecule has 0 saturated carbocycles. The molecule has 0 spiro atoms. The van der Waals surface area contributed by atoms with Crippen molar-refractivity contribution in [2.75, 3.05) is 19.8 Å². The van der Waals surface area contributed by atoms with Gasteiger partial charge in [-0.05, 0) is 70.6 Å². The molecule has 1 aliphatic heterocycles. The van der Waals surface area contributed by atoms with Crippen LogP contribution in [0.25, 0.3) is 0 Å². The predicted molar refractivity (Wildman–Crippen MR) is 384 cm³/mol. The lowest BCUT2D eigenvalue weighted by Crippen LogP contribution is -2.60. The molecule has 536 valence electrons. The average molecular weight is 1290 g/mol. The number of aliphatic hydroxyl groups excluding tert-OH is 5. The SMILES string of the molecule is CCCCCCCCCCC/C=C/CC/C=C/C(O)C(COC1OC(CO)C(O)C(O)C1O)NC(=O)CCCCCCCCCCCCCCCCCCC/C=C\CCCCCCCCCCCCCCCCCCOC(=O)CCCCCCCCCCCCC. The first-order chi connectivity index (χ1) is 44.7. The Morgan fingerprint density at radius 3 is 1.09 bits per heavy atom. The molecule has 0 bridgehead atoms. The van der Waals surface area contributed by atoms with E-state index in [9.17, 15) is 35.1 Å². The van der Waals surface area contributed by atoms with Gasteiger partial charge in [0.15, 0.2) is 6.29 Å². The van der Waals surface area contributed by atoms with Crippen molar-refractivity contribution in [2.45, 2.75) is 442 Å². The zero-order chi connectivity index (χ0) is 65.8. The van der Waals surface area contributed by atoms with Crippen molar-refractivity contribution in [1.82, 2.24) is 5.32 Å². The van der Waals surface area contributed by atoms with E-state index >= 15 is 0 Å². The van der Waals surface area contributed by atoms with Gasteiger partial charge in [0, 0.05) is 12.8 Å². The molecule has 0 aliphatic carbocycles. The van der Waals surface area contributed by atoms with Crippen molar-refractivity contribution < 1.29 is 49.3 Å². The van der Waals surface area contributed by atoms with Gasteiger partial charge in [0.2, 0.25) is 5.91 Å². The lowest BCUT2D eigenvalue weighted by Gasteiger charge is -2.40. The summed E-state index contributed by atoms with van der Waals surface area (Å²) < 4.78 is 16.8. The van der Waals surface area contributed by atoms with Crippen LogP contribution in [0.3, 0.4) is 0 Å². The molecule has 0 aromatic heterocycles. The average Bonchev–Trinajstić information content (AvgIpc) is 1.62. The second-order valence-electron chi connectivity index (χ2n) is 27.8. The first kappa shape index (κ1) is 86.9. The van der Waals surface area contributed by atoms with E-state index in [1.54, 1.807) is 6.08 Å². The number of aliphatic hydroxyl groups is 5. The summed E-state index contributed by atoms with van der Waals surface area (Å²) in [4.78, 5) is 25.1. The largest absolute Gasteiger partial charge is 0.466 e. The van der Waals surface area contributed by atoms with Crippen LogP contribution in [0.2, 0.25) is 0 Å². The Kier molecular flexibility index (Phi) is 66.1. The number of ether oxygens (including phenoxy) is 3. The standard InChI is InChI=1S/C80H151NO10/c1-3-5-7-9-11-13-15-16-40-43-47-50-54-58-62-66-73(83)72(71-90-80-79(88)78(87)77(86)74(70-82)91-80)81-75(84)67-63-59-55-51-48-44-41-38-36-34-32-30-28-26-24-22-20-18-17-19-21-23-25-27-29-31-33-35-37-39-42-45-49-53-57-61-65-69-89-76(85)68-64-60-56-52-46-14-12-10-8-6-4-2/h17,19,47,50,62,66,72-74,77-80,82-83,86-88H,3-16,18,20-46,48-49,51-61,63-65,67-71H2,1-2H3,(H,81,84)/b19-17-,50-47+,66-62+. The zero-order valence-corrected chi connectivity index (χ0v) is 59.8. The van der Waals surface area contributed by atoms with Crippen LogP contribution in [0.5, 0.6) is 0 Å². The molecule has 0 aromatic rings. The van der Waals surface area contributed by atoms with E-state index in [4.69, 9.17) is 14.2 Å². The number of allylic oxidation sites excluding steroid dienone is 5. The van der Waals surface area contributed by atoms with Crippen LogP contribution in [0, 0.1) is 0 Å². The van der Waals surface area contributed by atoms with E-state index in [0.717, 1.165) is 51.4 Å². The molecular formula is C80H151NO10. The molecule has 1 amide bonds. The third-order valence-corrected chi connectivity index (χ3v) is 19.0. The fraction of sp³-hybridized carbons (Fsp3) is 0.900. The first-order valence-corrected chi connectivity index (χ1v) is 39.8. The van der Waals surface area contributed by atoms with Gasteiger partial charge < -0.3 is 45.1 Å². The maximum atomic E-state index is 13.1. The smallest absolute Gasteiger partial charge is 0.305 e. The molecule has 1 rings (SSSR count). The summed E-state index contributed by atoms with van der Waals surface area (Å²) in [7, 11) is 0. The van der Waals surface area contributed by atoms with Crippen LogP contribution in [0.4, 0.5) is 0 Å². The van der Waals surface area contributed by atoms with Crippen molar-refractivity contribution in [3.8, 4) is 0 Å². The van der Waals surface area contributed by atoms with Gasteiger partial charge in [-0.1, -0.05) is 352 Å². The fourth-order valence-electron chi connectivity index (χ4n) is 12.7. The van der Waals surface area contributed by atoms with E-state index < -0.39 is 49.5 Å². The number of carbonyl (C=O) groups excluding carboxylic acids is 2. The van der Waals surface area contributed by atoms with E-state index in [1.165, 1.54) is 321 Å². The lowest BCUT2D eigenvalue weighted by atomic mass is 9.99. The molecule has 1 fully saturated rings. The molecule has 1 aliphatic rings. The predicted octanol–water partition coefficient (Wildman–Crippen LogP) is 21.3. The van der Waals surface area contributed by atoms with E-state index in [1.807, 2.05) is 6.08 Å². The number of amides is 1. The molecule has 0 aromatic carbocycles. The first-order valence-electron chi connectivity index (χ1n) is 39.8. The highest BCUT2D eigenvalue weighted by Gasteiger charge is 2.44. The highest BCUT2D eigenvalue weighted by atomic mass is 16.7. The van der Waals surface area contributed by atoms with Gasteiger partial charge in [0.1, 0.15) is 24.4 Å². The van der Waals surface area contributed by atoms with Crippen LogP contribution in [0.15, 0.2) is 36.5 Å². The Bertz CT molecular complexity index is 1610. The molecule has 11 heteroatoms. The van der Waals surface area contributed by atoms with Gasteiger partial charge >= 0.3 is 5.97 Å². The fourth-order valence-corrected chi connectivity index (χ4v) is 12.7. The van der Waals surface area contributed by atoms with Crippen LogP contribution < -0.4 is 5.32 Å². The molecule has 11 nitrogen and oxygen atoms in total. The lowest BCUT2D eigenvalue weighted by molar-refractivity contribution is -0.302. The quantitative estimate of drug-likeness (QED) is 0.0195. The molecule has 7 atom stereocenters. The molecular weight excluding hydrogens is 1130 g/mol. The summed E-state index contributed by atoms with van der Waals surface area (Å²) in [5.74, 6) is -0.170. The molecule has 91 heavy (non-hydrogen) atoms. The second-order valence-corrected chi connectivity index (χ2v) is 27.8. The normalized spacial score (nSPS) is 17.7. The summed E-state index contributed by atoms with van der Waals surface area (Å²) in [5, 5.41) is 54.6. The van der Waals surface area contributed by atoms with Crippen molar-refractivity contribution in [3.63, 3.8) is 0 Å². The van der Waals surface area contributed by atoms with E-state index in [2.05, 4.69) is 43.5 Å². The number of hydrogen-bond donors (Lipinski definition) is 6. The molecule has 0 radical (unpaired) electrons. The minimum Gasteiger partial charge on any atom is -0.466 e. The number of carbonyl (C=O) groups is 2. The second kappa shape index (κ2) is 69.2. The van der Waals surface area contributed by atoms with Crippen LogP contribution in [-0.4, -0.2) is 100 Å². The molecule has 1 saturated heterocycles. The number of hydrogen-bond acceptors (Lipinski definition) is 10. The molecule has 6 N–H and O–H groups in total. The Labute approximate surface area is 562 Å². The number of unbranched alkanes of at least 4 members (excludes halogenated alkanes) is 53. The van der Waals surface area contributed by atoms with Gasteiger partial charge in [-0.15, -0.1) is 0 Å². The molecule has 1 heterocycles. The number of esters is 1. The van der Waals surface area contributed by atoms with Gasteiger partial charge in [-0.2, -0.15) is 0 Å². The topological polar surface area (TPSA) is 175 Å². The van der Waals surface area contributed by atoms with E-state index in [-0.39, 0.29) is 18.5 Å². The van der Waals surface area contributed by atoms with Crippen LogP contribution in [-0.2, 0) is 23.8 Å². The van der Waals surface area contributed by atoms with Crippen molar-refractivity contribution in [2.24, 2.45) is 0 Å². The highest BCUT2D eigenvalue weighted by Crippen LogP contribution is 2.24. The maximum Gasteiger partial charge on any atom is 0.305 e. The Balaban J connectivity index is 1.93. The molecule has 7 unspecified atom stereocenters. The Hall–Kier alpha value is -2.12. The monoisotopic (exact) mass is 1290 g/mol. The minimum absolute atomic E-state index is 0.0154. The summed E-state index contributed by atoms with van der Waals surface area (Å²) in [6, 6.07) is -0.825. The van der Waals surface area contributed by atoms with Gasteiger partial charge in [-0.3, -0.25) is 9.59 Å². The zero-order valence-electron chi connectivity index (χ0n) is 59.8. The van der Waals surface area contributed by atoms with Crippen molar-refractivity contribution in [1.29, 1.82) is 0 Å². The van der Waals surface area contributed by atoms with Gasteiger partial charge in [0.05, 0.1) is 32.0 Å². The maximum absolute atomic E-state index is 13.1. The van der Waals surface area contributed by atoms with Crippen LogP contribution in [0.1, 0.15) is 399 Å². The van der Waals surface area contributed by atoms with Crippen molar-refractivity contribution >= 4 is 11.9 Å². The van der Waals surface area contributed by atoms with Gasteiger partial charge in [-0.25, -0.2) is 0 Å². The Morgan fingerprint density at radius 2 is 0.714 bits per heavy atom. The highest BCUT2D eigenvalue weighted by molar-refractivity contribution is 5.76.